The average Bonchev–Trinajstić information content (AvgIpc) is 3.38. The van der Waals surface area contributed by atoms with Crippen LogP contribution in [0.4, 0.5) is 11.8 Å². The third-order valence-electron chi connectivity index (χ3n) is 5.24. The molecule has 0 radical (unpaired) electrons. The van der Waals surface area contributed by atoms with Crippen molar-refractivity contribution in [3.8, 4) is 11.5 Å². The summed E-state index contributed by atoms with van der Waals surface area (Å²) in [5.74, 6) is 2.62. The number of benzene rings is 1. The molecule has 0 saturated carbocycles. The summed E-state index contributed by atoms with van der Waals surface area (Å²) in [7, 11) is 3.80. The van der Waals surface area contributed by atoms with E-state index in [0.29, 0.717) is 24.1 Å². The van der Waals surface area contributed by atoms with Gasteiger partial charge in [0.15, 0.2) is 23.0 Å². The lowest BCUT2D eigenvalue weighted by molar-refractivity contribution is 0.174. The second-order valence-electron chi connectivity index (χ2n) is 7.87. The van der Waals surface area contributed by atoms with Crippen LogP contribution in [0.3, 0.4) is 0 Å². The second-order valence-corrected chi connectivity index (χ2v) is 7.87. The molecule has 1 aliphatic rings. The van der Waals surface area contributed by atoms with Gasteiger partial charge in [-0.1, -0.05) is 19.1 Å². The van der Waals surface area contributed by atoms with Gasteiger partial charge in [-0.3, -0.25) is 0 Å². The molecule has 0 atom stereocenters. The van der Waals surface area contributed by atoms with Crippen LogP contribution in [0.1, 0.15) is 31.2 Å². The van der Waals surface area contributed by atoms with Crippen LogP contribution in [-0.2, 0) is 13.1 Å². The minimum absolute atomic E-state index is 0.297. The van der Waals surface area contributed by atoms with Gasteiger partial charge in [0.1, 0.15) is 5.52 Å². The van der Waals surface area contributed by atoms with Crippen molar-refractivity contribution in [2.45, 2.75) is 38.8 Å². The largest absolute Gasteiger partial charge is 0.454 e. The molecule has 4 rings (SSSR count). The van der Waals surface area contributed by atoms with Gasteiger partial charge in [0.25, 0.3) is 0 Å². The second kappa shape index (κ2) is 9.11. The predicted octanol–water partition coefficient (Wildman–Crippen LogP) is 3.07. The molecule has 31 heavy (non-hydrogen) atoms. The van der Waals surface area contributed by atoms with Crippen LogP contribution in [-0.4, -0.2) is 40.4 Å². The van der Waals surface area contributed by atoms with Crippen LogP contribution >= 0.6 is 0 Å². The normalized spacial score (nSPS) is 12.3. The lowest BCUT2D eigenvalue weighted by Crippen LogP contribution is -2.14. The number of nitrogens with zero attached hydrogens (tertiary/aromatic N) is 5. The quantitative estimate of drug-likeness (QED) is 0.480. The number of fused-ring (bicyclic) bond motifs is 2. The third kappa shape index (κ3) is 4.82. The topological polar surface area (TPSA) is 103 Å². The number of anilines is 2. The number of nitrogen functional groups attached to an aromatic ring is 1. The summed E-state index contributed by atoms with van der Waals surface area (Å²) in [4.78, 5) is 15.1. The van der Waals surface area contributed by atoms with E-state index in [1.165, 1.54) is 0 Å². The SMILES string of the molecule is C=C(CCCCCn1cnc2c(N)nc(N(C)C)nc21)NCc1ccc2c(c1)OCO2. The first-order valence-electron chi connectivity index (χ1n) is 10.5. The molecule has 9 nitrogen and oxygen atoms in total. The maximum atomic E-state index is 6.03. The number of nitrogens with two attached hydrogens (primary N) is 1. The van der Waals surface area contributed by atoms with Gasteiger partial charge in [-0.25, -0.2) is 4.98 Å². The number of unbranched alkanes of at least 4 members (excludes halogenated alkanes) is 2. The van der Waals surface area contributed by atoms with Gasteiger partial charge in [0.05, 0.1) is 6.33 Å². The number of aryl methyl sites for hydroxylation is 1. The molecule has 9 heteroatoms. The first-order valence-corrected chi connectivity index (χ1v) is 10.5. The minimum atomic E-state index is 0.297. The van der Waals surface area contributed by atoms with E-state index >= 15 is 0 Å². The van der Waals surface area contributed by atoms with Crippen LogP contribution in [0.25, 0.3) is 11.2 Å². The number of hydrogen-bond donors (Lipinski definition) is 2. The average molecular weight is 424 g/mol. The number of rotatable bonds is 10. The lowest BCUT2D eigenvalue weighted by atomic mass is 10.1. The van der Waals surface area contributed by atoms with Crippen LogP contribution in [0, 0.1) is 0 Å². The zero-order chi connectivity index (χ0) is 21.8. The Morgan fingerprint density at radius 1 is 1.19 bits per heavy atom. The van der Waals surface area contributed by atoms with Crippen LogP contribution < -0.4 is 25.4 Å². The van der Waals surface area contributed by atoms with Crippen LogP contribution in [0.2, 0.25) is 0 Å². The molecule has 0 spiro atoms. The summed E-state index contributed by atoms with van der Waals surface area (Å²) in [6.45, 7) is 6.02. The highest BCUT2D eigenvalue weighted by Crippen LogP contribution is 2.32. The number of hydrogen-bond acceptors (Lipinski definition) is 8. The zero-order valence-corrected chi connectivity index (χ0v) is 18.1. The molecule has 3 aromatic rings. The van der Waals surface area contributed by atoms with Crippen LogP contribution in [0.15, 0.2) is 36.8 Å². The van der Waals surface area contributed by atoms with Crippen molar-refractivity contribution in [2.24, 2.45) is 0 Å². The number of imidazole rings is 1. The lowest BCUT2D eigenvalue weighted by Gasteiger charge is -2.12. The molecule has 0 fully saturated rings. The summed E-state index contributed by atoms with van der Waals surface area (Å²) in [6.07, 6.45) is 5.92. The Morgan fingerprint density at radius 2 is 2.03 bits per heavy atom. The molecular formula is C22H29N7O2. The number of ether oxygens (including phenoxy) is 2. The minimum Gasteiger partial charge on any atom is -0.454 e. The van der Waals surface area contributed by atoms with E-state index in [2.05, 4.69) is 26.8 Å². The Labute approximate surface area is 181 Å². The Morgan fingerprint density at radius 3 is 2.87 bits per heavy atom. The number of aromatic nitrogens is 4. The molecule has 0 unspecified atom stereocenters. The Bertz CT molecular complexity index is 1080. The smallest absolute Gasteiger partial charge is 0.231 e. The Kier molecular flexibility index (Phi) is 6.11. The highest BCUT2D eigenvalue weighted by molar-refractivity contribution is 5.82. The number of nitrogens with one attached hydrogen (secondary N) is 1. The van der Waals surface area contributed by atoms with Gasteiger partial charge in [0, 0.05) is 32.9 Å². The first kappa shape index (κ1) is 20.8. The summed E-state index contributed by atoms with van der Waals surface area (Å²) < 4.78 is 12.8. The van der Waals surface area contributed by atoms with Crippen LogP contribution in [0.5, 0.6) is 11.5 Å². The molecular weight excluding hydrogens is 394 g/mol. The monoisotopic (exact) mass is 423 g/mol. The zero-order valence-electron chi connectivity index (χ0n) is 18.1. The summed E-state index contributed by atoms with van der Waals surface area (Å²) in [5, 5.41) is 3.40. The molecule has 2 aromatic heterocycles. The highest BCUT2D eigenvalue weighted by atomic mass is 16.7. The fourth-order valence-corrected chi connectivity index (χ4v) is 3.48. The molecule has 0 aliphatic carbocycles. The number of allylic oxidation sites excluding steroid dienone is 1. The fourth-order valence-electron chi connectivity index (χ4n) is 3.48. The molecule has 0 saturated heterocycles. The molecule has 1 aromatic carbocycles. The van der Waals surface area contributed by atoms with Crippen molar-refractivity contribution >= 4 is 22.9 Å². The van der Waals surface area contributed by atoms with E-state index < -0.39 is 0 Å². The molecule has 3 N–H and O–H groups in total. The van der Waals surface area contributed by atoms with E-state index in [-0.39, 0.29) is 0 Å². The van der Waals surface area contributed by atoms with Crippen molar-refractivity contribution in [2.75, 3.05) is 31.5 Å². The third-order valence-corrected chi connectivity index (χ3v) is 5.24. The van der Waals surface area contributed by atoms with Crippen molar-refractivity contribution in [3.63, 3.8) is 0 Å². The Hall–Kier alpha value is -3.49. The molecule has 3 heterocycles. The maximum absolute atomic E-state index is 6.03. The van der Waals surface area contributed by atoms with Crippen molar-refractivity contribution in [1.29, 1.82) is 0 Å². The standard InChI is InChI=1S/C22H29N7O2/c1-15(24-12-16-8-9-17-18(11-16)31-14-30-17)7-5-4-6-10-29-13-25-19-20(23)26-22(28(2)3)27-21(19)29/h8-9,11,13,24H,1,4-7,10,12,14H2,2-3H3,(H2,23,26,27). The van der Waals surface area contributed by atoms with Gasteiger partial charge in [-0.15, -0.1) is 0 Å². The summed E-state index contributed by atoms with van der Waals surface area (Å²) >= 11 is 0. The van der Waals surface area contributed by atoms with E-state index in [0.717, 1.165) is 67.2 Å². The molecule has 0 bridgehead atoms. The van der Waals surface area contributed by atoms with Gasteiger partial charge >= 0.3 is 0 Å². The first-order chi connectivity index (χ1) is 15.0. The van der Waals surface area contributed by atoms with E-state index in [1.54, 1.807) is 6.33 Å². The highest BCUT2D eigenvalue weighted by Gasteiger charge is 2.13. The summed E-state index contributed by atoms with van der Waals surface area (Å²) in [5.41, 5.74) is 9.67. The molecule has 0 amide bonds. The predicted molar refractivity (Wildman–Crippen MR) is 121 cm³/mol. The van der Waals surface area contributed by atoms with E-state index in [4.69, 9.17) is 15.2 Å². The van der Waals surface area contributed by atoms with Gasteiger partial charge in [-0.05, 0) is 37.0 Å². The van der Waals surface area contributed by atoms with Gasteiger partial charge in [-0.2, -0.15) is 9.97 Å². The fraction of sp³-hybridized carbons (Fsp3) is 0.409. The molecule has 164 valence electrons. The van der Waals surface area contributed by atoms with Crippen molar-refractivity contribution in [3.05, 3.63) is 42.4 Å². The maximum Gasteiger partial charge on any atom is 0.231 e. The van der Waals surface area contributed by atoms with E-state index in [1.807, 2.05) is 41.8 Å². The van der Waals surface area contributed by atoms with Gasteiger partial charge < -0.3 is 30.0 Å². The van der Waals surface area contributed by atoms with Crippen molar-refractivity contribution in [1.82, 2.24) is 24.8 Å². The van der Waals surface area contributed by atoms with E-state index in [9.17, 15) is 0 Å². The van der Waals surface area contributed by atoms with Gasteiger partial charge in [0.2, 0.25) is 12.7 Å². The Balaban J connectivity index is 1.20. The van der Waals surface area contributed by atoms with Crippen molar-refractivity contribution < 1.29 is 9.47 Å². The molecule has 1 aliphatic heterocycles. The summed E-state index contributed by atoms with van der Waals surface area (Å²) in [6, 6.07) is 6.00.